The van der Waals surface area contributed by atoms with Crippen LogP contribution in [0.3, 0.4) is 0 Å². The molecule has 38 heavy (non-hydrogen) atoms. The van der Waals surface area contributed by atoms with E-state index in [-0.39, 0.29) is 10.7 Å². The first-order valence-corrected chi connectivity index (χ1v) is 13.5. The Balaban J connectivity index is 1.84. The number of unbranched alkanes of at least 4 members (excludes halogenated alkanes) is 1. The summed E-state index contributed by atoms with van der Waals surface area (Å²) < 4.78 is 42.1. The van der Waals surface area contributed by atoms with E-state index in [9.17, 15) is 28.0 Å². The van der Waals surface area contributed by atoms with Gasteiger partial charge in [0.2, 0.25) is 15.7 Å². The molecule has 0 bridgehead atoms. The van der Waals surface area contributed by atoms with E-state index < -0.39 is 38.0 Å². The van der Waals surface area contributed by atoms with Crippen molar-refractivity contribution in [3.8, 4) is 23.1 Å². The SMILES string of the molecule is CCCCc1nc(=O)c(S(=O)(=O)c2ccc(-c3cncc(F)c3)cc2)c(O)n1[C@@H](C)c1cccc(C#N)c1. The van der Waals surface area contributed by atoms with Gasteiger partial charge in [-0.05, 0) is 54.8 Å². The number of pyridine rings is 1. The van der Waals surface area contributed by atoms with Crippen LogP contribution in [-0.2, 0) is 16.3 Å². The lowest BCUT2D eigenvalue weighted by atomic mass is 10.0. The Morgan fingerprint density at radius 3 is 2.50 bits per heavy atom. The molecular formula is C28H25FN4O4S. The lowest BCUT2D eigenvalue weighted by Gasteiger charge is -2.23. The van der Waals surface area contributed by atoms with Crippen molar-refractivity contribution in [2.24, 2.45) is 0 Å². The second-order valence-electron chi connectivity index (χ2n) is 8.79. The number of aromatic hydroxyl groups is 1. The zero-order valence-corrected chi connectivity index (χ0v) is 21.6. The molecule has 0 unspecified atom stereocenters. The van der Waals surface area contributed by atoms with Gasteiger partial charge in [0.25, 0.3) is 5.56 Å². The summed E-state index contributed by atoms with van der Waals surface area (Å²) in [5.74, 6) is -1.00. The van der Waals surface area contributed by atoms with Gasteiger partial charge in [0.05, 0.1) is 28.8 Å². The van der Waals surface area contributed by atoms with Crippen LogP contribution in [0, 0.1) is 17.1 Å². The van der Waals surface area contributed by atoms with Crippen molar-refractivity contribution in [2.45, 2.75) is 48.9 Å². The average molecular weight is 533 g/mol. The van der Waals surface area contributed by atoms with Crippen molar-refractivity contribution in [2.75, 3.05) is 0 Å². The summed E-state index contributed by atoms with van der Waals surface area (Å²) in [6.07, 6.45) is 4.31. The third-order valence-corrected chi connectivity index (χ3v) is 8.03. The highest BCUT2D eigenvalue weighted by Gasteiger charge is 2.31. The number of halogens is 1. The smallest absolute Gasteiger partial charge is 0.296 e. The van der Waals surface area contributed by atoms with E-state index in [4.69, 9.17) is 0 Å². The van der Waals surface area contributed by atoms with Gasteiger partial charge in [0.15, 0.2) is 4.90 Å². The summed E-state index contributed by atoms with van der Waals surface area (Å²) in [6.45, 7) is 3.69. The topological polar surface area (TPSA) is 126 Å². The number of benzene rings is 2. The summed E-state index contributed by atoms with van der Waals surface area (Å²) >= 11 is 0. The molecule has 2 aromatic heterocycles. The van der Waals surface area contributed by atoms with Crippen molar-refractivity contribution in [1.82, 2.24) is 14.5 Å². The number of hydrogen-bond donors (Lipinski definition) is 1. The van der Waals surface area contributed by atoms with Gasteiger partial charge in [-0.25, -0.2) is 12.8 Å². The third-order valence-electron chi connectivity index (χ3n) is 6.25. The first kappa shape index (κ1) is 26.7. The van der Waals surface area contributed by atoms with Crippen LogP contribution in [0.4, 0.5) is 4.39 Å². The molecule has 8 nitrogen and oxygen atoms in total. The van der Waals surface area contributed by atoms with Crippen molar-refractivity contribution in [1.29, 1.82) is 5.26 Å². The number of aromatic nitrogens is 3. The molecule has 194 valence electrons. The number of nitriles is 1. The first-order valence-electron chi connectivity index (χ1n) is 12.0. The summed E-state index contributed by atoms with van der Waals surface area (Å²) in [5, 5.41) is 20.6. The fourth-order valence-electron chi connectivity index (χ4n) is 4.23. The zero-order valence-electron chi connectivity index (χ0n) is 20.8. The maximum Gasteiger partial charge on any atom is 0.296 e. The standard InChI is InChI=1S/C28H25FN4O4S/c1-3-4-8-25-32-27(34)26(28(35)33(25)18(2)21-7-5-6-19(13-21)15-30)38(36,37)24-11-9-20(10-12-24)22-14-23(29)17-31-16-22/h5-7,9-14,16-18,35H,3-4,8H2,1-2H3/t18-/m0/s1. The molecule has 2 aromatic carbocycles. The fraction of sp³-hybridized carbons (Fsp3) is 0.214. The number of sulfone groups is 1. The molecule has 0 fully saturated rings. The average Bonchev–Trinajstić information content (AvgIpc) is 2.91. The molecule has 4 rings (SSSR count). The van der Waals surface area contributed by atoms with E-state index in [1.54, 1.807) is 31.2 Å². The van der Waals surface area contributed by atoms with Crippen LogP contribution in [0.25, 0.3) is 11.1 Å². The van der Waals surface area contributed by atoms with Crippen molar-refractivity contribution >= 4 is 9.84 Å². The Morgan fingerprint density at radius 1 is 1.11 bits per heavy atom. The Morgan fingerprint density at radius 2 is 1.84 bits per heavy atom. The van der Waals surface area contributed by atoms with Gasteiger partial charge in [0.1, 0.15) is 11.6 Å². The van der Waals surface area contributed by atoms with E-state index in [0.29, 0.717) is 35.1 Å². The monoisotopic (exact) mass is 532 g/mol. The van der Waals surface area contributed by atoms with Crippen LogP contribution in [0.2, 0.25) is 0 Å². The van der Waals surface area contributed by atoms with Gasteiger partial charge in [0, 0.05) is 18.2 Å². The Labute approximate surface area is 219 Å². The van der Waals surface area contributed by atoms with E-state index in [1.807, 2.05) is 6.92 Å². The van der Waals surface area contributed by atoms with Crippen LogP contribution in [0.1, 0.15) is 49.7 Å². The lowest BCUT2D eigenvalue weighted by molar-refractivity contribution is 0.369. The zero-order chi connectivity index (χ0) is 27.4. The minimum absolute atomic E-state index is 0.230. The van der Waals surface area contributed by atoms with Gasteiger partial charge in [-0.3, -0.25) is 14.3 Å². The van der Waals surface area contributed by atoms with Gasteiger partial charge in [-0.15, -0.1) is 0 Å². The third kappa shape index (κ3) is 5.19. The van der Waals surface area contributed by atoms with Gasteiger partial charge in [-0.2, -0.15) is 10.2 Å². The quantitative estimate of drug-likeness (QED) is 0.345. The van der Waals surface area contributed by atoms with Crippen molar-refractivity contribution < 1.29 is 17.9 Å². The molecule has 0 saturated carbocycles. The van der Waals surface area contributed by atoms with Crippen LogP contribution in [0.15, 0.2) is 81.6 Å². The molecule has 0 radical (unpaired) electrons. The largest absolute Gasteiger partial charge is 0.493 e. The van der Waals surface area contributed by atoms with Gasteiger partial charge in [-0.1, -0.05) is 37.6 Å². The predicted molar refractivity (Wildman–Crippen MR) is 139 cm³/mol. The normalized spacial score (nSPS) is 12.2. The van der Waals surface area contributed by atoms with E-state index in [0.717, 1.165) is 12.6 Å². The minimum atomic E-state index is -4.48. The molecule has 0 aliphatic carbocycles. The number of nitrogens with zero attached hydrogens (tertiary/aromatic N) is 4. The Bertz CT molecular complexity index is 1690. The Kier molecular flexibility index (Phi) is 7.69. The molecule has 1 atom stereocenters. The highest BCUT2D eigenvalue weighted by Crippen LogP contribution is 2.32. The molecule has 0 saturated heterocycles. The molecule has 0 spiro atoms. The van der Waals surface area contributed by atoms with Crippen molar-refractivity contribution in [3.63, 3.8) is 0 Å². The molecule has 2 heterocycles. The molecule has 0 amide bonds. The minimum Gasteiger partial charge on any atom is -0.493 e. The molecule has 0 aliphatic heterocycles. The number of aryl methyl sites for hydroxylation is 1. The molecular weight excluding hydrogens is 507 g/mol. The molecule has 0 aliphatic rings. The lowest BCUT2D eigenvalue weighted by Crippen LogP contribution is -2.27. The first-order chi connectivity index (χ1) is 18.2. The van der Waals surface area contributed by atoms with E-state index in [2.05, 4.69) is 16.0 Å². The van der Waals surface area contributed by atoms with Crippen LogP contribution < -0.4 is 5.56 Å². The van der Waals surface area contributed by atoms with Gasteiger partial charge < -0.3 is 5.11 Å². The highest BCUT2D eigenvalue weighted by atomic mass is 32.2. The molecule has 4 aromatic rings. The summed E-state index contributed by atoms with van der Waals surface area (Å²) in [6, 6.07) is 14.9. The van der Waals surface area contributed by atoms with Gasteiger partial charge >= 0.3 is 0 Å². The summed E-state index contributed by atoms with van der Waals surface area (Å²) in [7, 11) is -4.48. The highest BCUT2D eigenvalue weighted by molar-refractivity contribution is 7.91. The number of hydrogen-bond acceptors (Lipinski definition) is 7. The summed E-state index contributed by atoms with van der Waals surface area (Å²) in [5.41, 5.74) is 0.964. The number of rotatable bonds is 8. The van der Waals surface area contributed by atoms with E-state index in [1.165, 1.54) is 41.1 Å². The predicted octanol–water partition coefficient (Wildman–Crippen LogP) is 4.81. The second-order valence-corrected chi connectivity index (χ2v) is 10.7. The van der Waals surface area contributed by atoms with E-state index >= 15 is 0 Å². The Hall–Kier alpha value is -4.36. The van der Waals surface area contributed by atoms with Crippen LogP contribution in [-0.4, -0.2) is 28.1 Å². The molecule has 1 N–H and O–H groups in total. The van der Waals surface area contributed by atoms with Crippen molar-refractivity contribution in [3.05, 3.63) is 100 Å². The maximum atomic E-state index is 13.6. The van der Waals surface area contributed by atoms with Crippen LogP contribution >= 0.6 is 0 Å². The summed E-state index contributed by atoms with van der Waals surface area (Å²) in [4.78, 5) is 19.8. The fourth-order valence-corrected chi connectivity index (χ4v) is 5.58. The van der Waals surface area contributed by atoms with Crippen LogP contribution in [0.5, 0.6) is 5.88 Å². The second kappa shape index (κ2) is 10.9. The molecule has 10 heteroatoms. The maximum absolute atomic E-state index is 13.6.